The smallest absolute Gasteiger partial charge is 0.254 e. The standard InChI is InChI=1S/C24H30N6O/c1-15-13-22(29(3)4)21(23-26-16(2)27-28-23)14-20(15)24(31)30-11-9-18(10-12-30)17-5-7-19(25)8-6-17/h5-8,13-14,18H,9-12,25H2,1-4H3,(H,26,27,28). The number of likely N-dealkylation sites (tertiary alicyclic amines) is 1. The fourth-order valence-electron chi connectivity index (χ4n) is 4.29. The van der Waals surface area contributed by atoms with Gasteiger partial charge in [-0.15, -0.1) is 0 Å². The van der Waals surface area contributed by atoms with Gasteiger partial charge in [0.1, 0.15) is 5.82 Å². The van der Waals surface area contributed by atoms with E-state index >= 15 is 0 Å². The number of aromatic amines is 1. The number of nitrogens with one attached hydrogen (secondary N) is 1. The SMILES string of the molecule is Cc1nc(-c2cc(C(=O)N3CCC(c4ccc(N)cc4)CC3)c(C)cc2N(C)C)n[nH]1. The summed E-state index contributed by atoms with van der Waals surface area (Å²) in [5.41, 5.74) is 11.4. The van der Waals surface area contributed by atoms with Gasteiger partial charge in [0.2, 0.25) is 0 Å². The quantitative estimate of drug-likeness (QED) is 0.630. The summed E-state index contributed by atoms with van der Waals surface area (Å²) in [4.78, 5) is 21.9. The van der Waals surface area contributed by atoms with E-state index in [1.807, 2.05) is 55.9 Å². The molecule has 1 aliphatic heterocycles. The highest BCUT2D eigenvalue weighted by Gasteiger charge is 2.27. The van der Waals surface area contributed by atoms with Crippen molar-refractivity contribution in [1.29, 1.82) is 0 Å². The second-order valence-corrected chi connectivity index (χ2v) is 8.56. The van der Waals surface area contributed by atoms with Gasteiger partial charge in [-0.05, 0) is 68.0 Å². The maximum atomic E-state index is 13.4. The number of nitrogen functional groups attached to an aromatic ring is 1. The van der Waals surface area contributed by atoms with E-state index in [2.05, 4.69) is 33.4 Å². The first-order chi connectivity index (χ1) is 14.8. The lowest BCUT2D eigenvalue weighted by atomic mass is 9.89. The number of piperidine rings is 1. The Morgan fingerprint density at radius 1 is 1.13 bits per heavy atom. The van der Waals surface area contributed by atoms with Crippen LogP contribution in [0.15, 0.2) is 36.4 Å². The number of aromatic nitrogens is 3. The van der Waals surface area contributed by atoms with Gasteiger partial charge >= 0.3 is 0 Å². The zero-order valence-corrected chi connectivity index (χ0v) is 18.6. The average Bonchev–Trinajstić information content (AvgIpc) is 3.20. The number of nitrogens with zero attached hydrogens (tertiary/aromatic N) is 4. The molecule has 2 heterocycles. The molecule has 3 aromatic rings. The molecule has 0 aliphatic carbocycles. The number of anilines is 2. The minimum atomic E-state index is 0.0760. The molecule has 162 valence electrons. The molecule has 7 nitrogen and oxygen atoms in total. The number of carbonyl (C=O) groups excluding carboxylic acids is 1. The van der Waals surface area contributed by atoms with Crippen molar-refractivity contribution in [3.63, 3.8) is 0 Å². The van der Waals surface area contributed by atoms with E-state index < -0.39 is 0 Å². The van der Waals surface area contributed by atoms with Crippen LogP contribution in [0.1, 0.15) is 46.1 Å². The Bertz CT molecular complexity index is 1080. The van der Waals surface area contributed by atoms with Crippen molar-refractivity contribution in [2.24, 2.45) is 0 Å². The Morgan fingerprint density at radius 3 is 2.39 bits per heavy atom. The van der Waals surface area contributed by atoms with E-state index in [1.165, 1.54) is 5.56 Å². The molecule has 0 radical (unpaired) electrons. The molecule has 0 saturated carbocycles. The molecule has 0 spiro atoms. The Labute approximate surface area is 183 Å². The normalized spacial score (nSPS) is 14.6. The molecule has 0 atom stereocenters. The van der Waals surface area contributed by atoms with Crippen molar-refractivity contribution in [3.8, 4) is 11.4 Å². The van der Waals surface area contributed by atoms with Crippen LogP contribution in [-0.4, -0.2) is 53.2 Å². The third-order valence-electron chi connectivity index (χ3n) is 6.08. The van der Waals surface area contributed by atoms with Gasteiger partial charge in [-0.3, -0.25) is 9.89 Å². The monoisotopic (exact) mass is 418 g/mol. The number of aryl methyl sites for hydroxylation is 2. The zero-order chi connectivity index (χ0) is 22.1. The van der Waals surface area contributed by atoms with Gasteiger partial charge in [0.25, 0.3) is 5.91 Å². The van der Waals surface area contributed by atoms with Crippen molar-refractivity contribution in [1.82, 2.24) is 20.1 Å². The maximum Gasteiger partial charge on any atom is 0.254 e. The van der Waals surface area contributed by atoms with Crippen LogP contribution in [0.2, 0.25) is 0 Å². The molecule has 0 bridgehead atoms. The van der Waals surface area contributed by atoms with Crippen LogP contribution in [0, 0.1) is 13.8 Å². The molecule has 1 saturated heterocycles. The van der Waals surface area contributed by atoms with E-state index in [9.17, 15) is 4.79 Å². The van der Waals surface area contributed by atoms with E-state index in [-0.39, 0.29) is 5.91 Å². The first-order valence-corrected chi connectivity index (χ1v) is 10.7. The predicted molar refractivity (Wildman–Crippen MR) is 124 cm³/mol. The van der Waals surface area contributed by atoms with Gasteiger partial charge in [-0.25, -0.2) is 4.98 Å². The molecular formula is C24H30N6O. The second kappa shape index (κ2) is 8.41. The molecule has 31 heavy (non-hydrogen) atoms. The number of amides is 1. The molecule has 1 aliphatic rings. The zero-order valence-electron chi connectivity index (χ0n) is 18.6. The third-order valence-corrected chi connectivity index (χ3v) is 6.08. The molecule has 3 N–H and O–H groups in total. The molecule has 7 heteroatoms. The summed E-state index contributed by atoms with van der Waals surface area (Å²) in [5, 5.41) is 7.23. The van der Waals surface area contributed by atoms with E-state index in [4.69, 9.17) is 5.73 Å². The molecule has 1 aromatic heterocycles. The fourth-order valence-corrected chi connectivity index (χ4v) is 4.29. The van der Waals surface area contributed by atoms with Gasteiger partial charge in [0.05, 0.1) is 0 Å². The van der Waals surface area contributed by atoms with Crippen molar-refractivity contribution >= 4 is 17.3 Å². The molecule has 0 unspecified atom stereocenters. The van der Waals surface area contributed by atoms with Gasteiger partial charge in [0.15, 0.2) is 5.82 Å². The summed E-state index contributed by atoms with van der Waals surface area (Å²) in [6.45, 7) is 5.36. The number of benzene rings is 2. The van der Waals surface area contributed by atoms with Crippen molar-refractivity contribution in [3.05, 3.63) is 58.9 Å². The minimum absolute atomic E-state index is 0.0760. The highest BCUT2D eigenvalue weighted by molar-refractivity contribution is 5.98. The van der Waals surface area contributed by atoms with Crippen molar-refractivity contribution in [2.45, 2.75) is 32.6 Å². The number of H-pyrrole nitrogens is 1. The Hall–Kier alpha value is -3.35. The molecule has 1 fully saturated rings. The van der Waals surface area contributed by atoms with E-state index in [0.717, 1.165) is 54.3 Å². The van der Waals surface area contributed by atoms with Crippen molar-refractivity contribution in [2.75, 3.05) is 37.8 Å². The average molecular weight is 419 g/mol. The lowest BCUT2D eigenvalue weighted by Crippen LogP contribution is -2.38. The Balaban J connectivity index is 1.56. The van der Waals surface area contributed by atoms with E-state index in [1.54, 1.807) is 0 Å². The summed E-state index contributed by atoms with van der Waals surface area (Å²) >= 11 is 0. The molecule has 2 aromatic carbocycles. The summed E-state index contributed by atoms with van der Waals surface area (Å²) in [7, 11) is 3.97. The summed E-state index contributed by atoms with van der Waals surface area (Å²) in [5.74, 6) is 1.90. The summed E-state index contributed by atoms with van der Waals surface area (Å²) in [6, 6.07) is 12.1. The lowest BCUT2D eigenvalue weighted by Gasteiger charge is -2.33. The van der Waals surface area contributed by atoms with E-state index in [0.29, 0.717) is 17.3 Å². The predicted octanol–water partition coefficient (Wildman–Crippen LogP) is 3.76. The van der Waals surface area contributed by atoms with Crippen molar-refractivity contribution < 1.29 is 4.79 Å². The molecule has 1 amide bonds. The number of rotatable bonds is 4. The first-order valence-electron chi connectivity index (χ1n) is 10.7. The largest absolute Gasteiger partial charge is 0.399 e. The summed E-state index contributed by atoms with van der Waals surface area (Å²) in [6.07, 6.45) is 1.91. The number of nitrogens with two attached hydrogens (primary N) is 1. The molecular weight excluding hydrogens is 388 g/mol. The third kappa shape index (κ3) is 4.26. The Kier molecular flexibility index (Phi) is 5.67. The van der Waals surface area contributed by atoms with Crippen LogP contribution in [0.4, 0.5) is 11.4 Å². The van der Waals surface area contributed by atoms with Gasteiger partial charge in [0, 0.05) is 49.7 Å². The topological polar surface area (TPSA) is 91.1 Å². The minimum Gasteiger partial charge on any atom is -0.399 e. The number of carbonyl (C=O) groups is 1. The van der Waals surface area contributed by atoms with Gasteiger partial charge in [-0.2, -0.15) is 5.10 Å². The van der Waals surface area contributed by atoms with Crippen LogP contribution in [0.5, 0.6) is 0 Å². The van der Waals surface area contributed by atoms with Crippen LogP contribution >= 0.6 is 0 Å². The van der Waals surface area contributed by atoms with Gasteiger partial charge in [-0.1, -0.05) is 12.1 Å². The number of hydrogen-bond donors (Lipinski definition) is 2. The fraction of sp³-hybridized carbons (Fsp3) is 0.375. The second-order valence-electron chi connectivity index (χ2n) is 8.56. The highest BCUT2D eigenvalue weighted by atomic mass is 16.2. The summed E-state index contributed by atoms with van der Waals surface area (Å²) < 4.78 is 0. The first kappa shape index (κ1) is 20.9. The van der Waals surface area contributed by atoms with Crippen LogP contribution < -0.4 is 10.6 Å². The van der Waals surface area contributed by atoms with Crippen LogP contribution in [0.25, 0.3) is 11.4 Å². The Morgan fingerprint density at radius 2 is 1.81 bits per heavy atom. The van der Waals surface area contributed by atoms with Crippen LogP contribution in [-0.2, 0) is 0 Å². The van der Waals surface area contributed by atoms with Crippen LogP contribution in [0.3, 0.4) is 0 Å². The lowest BCUT2D eigenvalue weighted by molar-refractivity contribution is 0.0712. The maximum absolute atomic E-state index is 13.4. The van der Waals surface area contributed by atoms with Gasteiger partial charge < -0.3 is 15.5 Å². The highest BCUT2D eigenvalue weighted by Crippen LogP contribution is 2.33. The number of hydrogen-bond acceptors (Lipinski definition) is 5. The molecule has 4 rings (SSSR count).